The third-order valence-electron chi connectivity index (χ3n) is 5.48. The molecule has 1 amide bonds. The van der Waals surface area contributed by atoms with E-state index in [0.717, 1.165) is 47.0 Å². The van der Waals surface area contributed by atoms with E-state index in [-0.39, 0.29) is 11.8 Å². The summed E-state index contributed by atoms with van der Waals surface area (Å²) in [5.41, 5.74) is 4.28. The minimum atomic E-state index is 0.0741. The molecule has 3 aromatic rings. The lowest BCUT2D eigenvalue weighted by Gasteiger charge is -2.23. The fourth-order valence-corrected chi connectivity index (χ4v) is 3.48. The molecule has 0 atom stereocenters. The van der Waals surface area contributed by atoms with Crippen molar-refractivity contribution in [2.75, 3.05) is 12.4 Å². The van der Waals surface area contributed by atoms with Crippen LogP contribution in [0.4, 0.5) is 5.82 Å². The molecule has 1 aromatic heterocycles. The number of methoxy groups -OCH3 is 1. The van der Waals surface area contributed by atoms with E-state index in [2.05, 4.69) is 53.6 Å². The average molecular weight is 363 g/mol. The van der Waals surface area contributed by atoms with Crippen molar-refractivity contribution in [3.63, 3.8) is 0 Å². The molecule has 27 heavy (non-hydrogen) atoms. The number of hydrogen-bond donors (Lipinski definition) is 2. The molecule has 1 aliphatic carbocycles. The number of anilines is 1. The summed E-state index contributed by atoms with van der Waals surface area (Å²) in [4.78, 5) is 12.2. The standard InChI is InChI=1S/C22H25N3O2/c1-13(2)15-8-10-20(27-3)18(11-15)16-7-9-17-19(12-16)24-25-21(17)23-22(26)14-5-4-6-14/h7-14H,4-6H2,1-3H3,(H2,23,24,25,26). The third-order valence-corrected chi connectivity index (χ3v) is 5.48. The van der Waals surface area contributed by atoms with Crippen LogP contribution in [0.3, 0.4) is 0 Å². The highest BCUT2D eigenvalue weighted by Crippen LogP contribution is 2.35. The Labute approximate surface area is 159 Å². The predicted molar refractivity (Wildman–Crippen MR) is 108 cm³/mol. The molecule has 140 valence electrons. The fraction of sp³-hybridized carbons (Fsp3) is 0.364. The lowest BCUT2D eigenvalue weighted by atomic mass is 9.85. The molecule has 1 saturated carbocycles. The molecule has 2 N–H and O–H groups in total. The molecule has 5 heteroatoms. The number of hydrogen-bond acceptors (Lipinski definition) is 3. The van der Waals surface area contributed by atoms with Gasteiger partial charge >= 0.3 is 0 Å². The lowest BCUT2D eigenvalue weighted by molar-refractivity contribution is -0.122. The van der Waals surface area contributed by atoms with Crippen LogP contribution in [0.5, 0.6) is 5.75 Å². The lowest BCUT2D eigenvalue weighted by Crippen LogP contribution is -2.28. The van der Waals surface area contributed by atoms with Gasteiger partial charge in [0.15, 0.2) is 5.82 Å². The van der Waals surface area contributed by atoms with Crippen molar-refractivity contribution >= 4 is 22.6 Å². The molecule has 0 saturated heterocycles. The summed E-state index contributed by atoms with van der Waals surface area (Å²) < 4.78 is 5.57. The summed E-state index contributed by atoms with van der Waals surface area (Å²) in [6.45, 7) is 4.36. The van der Waals surface area contributed by atoms with Gasteiger partial charge in [0.2, 0.25) is 5.91 Å². The number of ether oxygens (including phenoxy) is 1. The maximum absolute atomic E-state index is 12.2. The first kappa shape index (κ1) is 17.6. The highest BCUT2D eigenvalue weighted by Gasteiger charge is 2.26. The largest absolute Gasteiger partial charge is 0.496 e. The highest BCUT2D eigenvalue weighted by atomic mass is 16.5. The minimum Gasteiger partial charge on any atom is -0.496 e. The summed E-state index contributed by atoms with van der Waals surface area (Å²) in [5, 5.41) is 11.2. The van der Waals surface area contributed by atoms with E-state index >= 15 is 0 Å². The Morgan fingerprint density at radius 3 is 2.70 bits per heavy atom. The fourth-order valence-electron chi connectivity index (χ4n) is 3.48. The number of carbonyl (C=O) groups excluding carboxylic acids is 1. The zero-order valence-electron chi connectivity index (χ0n) is 16.0. The van der Waals surface area contributed by atoms with Gasteiger partial charge < -0.3 is 10.1 Å². The second-order valence-corrected chi connectivity index (χ2v) is 7.56. The Balaban J connectivity index is 1.68. The number of rotatable bonds is 5. The number of aromatic nitrogens is 2. The van der Waals surface area contributed by atoms with Crippen LogP contribution in [-0.4, -0.2) is 23.2 Å². The average Bonchev–Trinajstić information content (AvgIpc) is 3.01. The smallest absolute Gasteiger partial charge is 0.228 e. The number of benzene rings is 2. The van der Waals surface area contributed by atoms with Gasteiger partial charge in [-0.25, -0.2) is 0 Å². The Bertz CT molecular complexity index is 986. The molecule has 1 aliphatic rings. The summed E-state index contributed by atoms with van der Waals surface area (Å²) in [5.74, 6) is 2.11. The van der Waals surface area contributed by atoms with E-state index in [0.29, 0.717) is 11.7 Å². The first-order valence-electron chi connectivity index (χ1n) is 9.54. The van der Waals surface area contributed by atoms with Gasteiger partial charge in [-0.1, -0.05) is 32.4 Å². The van der Waals surface area contributed by atoms with E-state index in [9.17, 15) is 4.79 Å². The van der Waals surface area contributed by atoms with Crippen LogP contribution in [0.1, 0.15) is 44.6 Å². The molecule has 4 rings (SSSR count). The highest BCUT2D eigenvalue weighted by molar-refractivity contribution is 6.01. The maximum Gasteiger partial charge on any atom is 0.228 e. The number of carbonyl (C=O) groups is 1. The topological polar surface area (TPSA) is 67.0 Å². The van der Waals surface area contributed by atoms with E-state index in [1.54, 1.807) is 7.11 Å². The Morgan fingerprint density at radius 1 is 1.22 bits per heavy atom. The number of aromatic amines is 1. The van der Waals surface area contributed by atoms with Gasteiger partial charge in [-0.2, -0.15) is 5.10 Å². The molecule has 1 fully saturated rings. The van der Waals surface area contributed by atoms with Gasteiger partial charge in [0.05, 0.1) is 12.6 Å². The van der Waals surface area contributed by atoms with Crippen molar-refractivity contribution in [1.29, 1.82) is 0 Å². The molecule has 0 radical (unpaired) electrons. The van der Waals surface area contributed by atoms with E-state index in [1.165, 1.54) is 5.56 Å². The first-order valence-corrected chi connectivity index (χ1v) is 9.54. The number of nitrogens with one attached hydrogen (secondary N) is 2. The molecule has 0 aliphatic heterocycles. The quantitative estimate of drug-likeness (QED) is 0.663. The third kappa shape index (κ3) is 3.29. The zero-order chi connectivity index (χ0) is 19.0. The minimum absolute atomic E-state index is 0.0741. The van der Waals surface area contributed by atoms with E-state index in [4.69, 9.17) is 4.74 Å². The predicted octanol–water partition coefficient (Wildman–Crippen LogP) is 5.10. The second kappa shape index (κ2) is 7.06. The van der Waals surface area contributed by atoms with Crippen LogP contribution in [0.15, 0.2) is 36.4 Å². The van der Waals surface area contributed by atoms with Gasteiger partial charge in [0.1, 0.15) is 5.75 Å². The van der Waals surface area contributed by atoms with Crippen molar-refractivity contribution in [2.24, 2.45) is 5.92 Å². The van der Waals surface area contributed by atoms with Crippen LogP contribution in [0.25, 0.3) is 22.0 Å². The van der Waals surface area contributed by atoms with Gasteiger partial charge in [0.25, 0.3) is 0 Å². The Morgan fingerprint density at radius 2 is 2.04 bits per heavy atom. The molecular formula is C22H25N3O2. The molecule has 5 nitrogen and oxygen atoms in total. The van der Waals surface area contributed by atoms with Crippen LogP contribution in [0, 0.1) is 5.92 Å². The number of H-pyrrole nitrogens is 1. The number of nitrogens with zero attached hydrogens (tertiary/aromatic N) is 1. The van der Waals surface area contributed by atoms with Crippen LogP contribution in [-0.2, 0) is 4.79 Å². The van der Waals surface area contributed by atoms with Crippen molar-refractivity contribution in [2.45, 2.75) is 39.0 Å². The van der Waals surface area contributed by atoms with E-state index < -0.39 is 0 Å². The number of fused-ring (bicyclic) bond motifs is 1. The first-order chi connectivity index (χ1) is 13.1. The van der Waals surface area contributed by atoms with Crippen LogP contribution in [0.2, 0.25) is 0 Å². The molecule has 0 bridgehead atoms. The molecule has 1 heterocycles. The van der Waals surface area contributed by atoms with Crippen molar-refractivity contribution in [1.82, 2.24) is 10.2 Å². The molecular weight excluding hydrogens is 338 g/mol. The monoisotopic (exact) mass is 363 g/mol. The number of amides is 1. The Kier molecular flexibility index (Phi) is 4.60. The SMILES string of the molecule is COc1ccc(C(C)C)cc1-c1ccc2c(NC(=O)C3CCC3)n[nH]c2c1. The van der Waals surface area contributed by atoms with Crippen LogP contribution < -0.4 is 10.1 Å². The van der Waals surface area contributed by atoms with Crippen molar-refractivity contribution < 1.29 is 9.53 Å². The van der Waals surface area contributed by atoms with Crippen molar-refractivity contribution in [3.8, 4) is 16.9 Å². The summed E-state index contributed by atoms with van der Waals surface area (Å²) in [7, 11) is 1.69. The van der Waals surface area contributed by atoms with Gasteiger partial charge in [-0.05, 0) is 54.2 Å². The van der Waals surface area contributed by atoms with Crippen molar-refractivity contribution in [3.05, 3.63) is 42.0 Å². The molecule has 0 unspecified atom stereocenters. The van der Waals surface area contributed by atoms with Crippen LogP contribution >= 0.6 is 0 Å². The zero-order valence-corrected chi connectivity index (χ0v) is 16.0. The summed E-state index contributed by atoms with van der Waals surface area (Å²) in [6, 6.07) is 12.4. The summed E-state index contributed by atoms with van der Waals surface area (Å²) in [6.07, 6.45) is 3.09. The normalized spacial score (nSPS) is 14.4. The Hall–Kier alpha value is -2.82. The second-order valence-electron chi connectivity index (χ2n) is 7.56. The van der Waals surface area contributed by atoms with Gasteiger partial charge in [-0.3, -0.25) is 9.89 Å². The molecule has 2 aromatic carbocycles. The van der Waals surface area contributed by atoms with E-state index in [1.807, 2.05) is 12.1 Å². The van der Waals surface area contributed by atoms with Gasteiger partial charge in [0, 0.05) is 16.9 Å². The molecule has 0 spiro atoms. The maximum atomic E-state index is 12.2. The summed E-state index contributed by atoms with van der Waals surface area (Å²) >= 11 is 0. The van der Waals surface area contributed by atoms with Gasteiger partial charge in [-0.15, -0.1) is 0 Å².